The topological polar surface area (TPSA) is 113 Å². The molecule has 2 aromatic carbocycles. The number of furan rings is 1. The van der Waals surface area contributed by atoms with Crippen LogP contribution in [-0.4, -0.2) is 25.7 Å². The van der Waals surface area contributed by atoms with E-state index in [0.29, 0.717) is 16.5 Å². The van der Waals surface area contributed by atoms with E-state index in [0.717, 1.165) is 16.7 Å². The standard InChI is InChI=1S/C22H13F3N4O5/c23-22(24,25)13-5-3-4-12(8-13)20-27-16(34-28-20)10-32-17(30)9-29-11-26-18-14-6-1-2-7-15(14)33-19(18)21(29)31/h1-8,11H,9-10H2. The second kappa shape index (κ2) is 8.14. The molecule has 0 spiro atoms. The van der Waals surface area contributed by atoms with Gasteiger partial charge in [-0.15, -0.1) is 0 Å². The van der Waals surface area contributed by atoms with Gasteiger partial charge < -0.3 is 13.7 Å². The zero-order valence-corrected chi connectivity index (χ0v) is 17.1. The average Bonchev–Trinajstić information content (AvgIpc) is 3.44. The van der Waals surface area contributed by atoms with Gasteiger partial charge in [0, 0.05) is 10.9 Å². The molecule has 5 aromatic rings. The van der Waals surface area contributed by atoms with Crippen molar-refractivity contribution in [2.45, 2.75) is 19.3 Å². The molecule has 3 heterocycles. The maximum atomic E-state index is 12.9. The van der Waals surface area contributed by atoms with Gasteiger partial charge >= 0.3 is 12.1 Å². The zero-order valence-electron chi connectivity index (χ0n) is 17.1. The van der Waals surface area contributed by atoms with E-state index in [2.05, 4.69) is 15.1 Å². The number of ether oxygens (including phenoxy) is 1. The summed E-state index contributed by atoms with van der Waals surface area (Å²) in [6.45, 7) is -0.882. The molecular formula is C22H13F3N4O5. The summed E-state index contributed by atoms with van der Waals surface area (Å²) in [5.41, 5.74) is -0.424. The van der Waals surface area contributed by atoms with Crippen molar-refractivity contribution in [1.29, 1.82) is 0 Å². The van der Waals surface area contributed by atoms with Crippen LogP contribution in [0.15, 0.2) is 68.6 Å². The maximum absolute atomic E-state index is 12.9. The van der Waals surface area contributed by atoms with Gasteiger partial charge in [0.2, 0.25) is 11.4 Å². The van der Waals surface area contributed by atoms with Gasteiger partial charge in [-0.2, -0.15) is 18.2 Å². The first-order valence-corrected chi connectivity index (χ1v) is 9.82. The Kier molecular flexibility index (Phi) is 5.11. The first kappa shape index (κ1) is 21.4. The quantitative estimate of drug-likeness (QED) is 0.355. The normalized spacial score (nSPS) is 11.9. The second-order valence-electron chi connectivity index (χ2n) is 7.20. The maximum Gasteiger partial charge on any atom is 0.416 e. The van der Waals surface area contributed by atoms with Gasteiger partial charge in [0.15, 0.2) is 6.61 Å². The molecule has 0 N–H and O–H groups in total. The summed E-state index contributed by atoms with van der Waals surface area (Å²) in [4.78, 5) is 33.0. The number of rotatable bonds is 5. The smallest absolute Gasteiger partial charge is 0.416 e. The number of para-hydroxylation sites is 1. The molecular weight excluding hydrogens is 457 g/mol. The van der Waals surface area contributed by atoms with Crippen LogP contribution in [0.1, 0.15) is 11.5 Å². The third-order valence-electron chi connectivity index (χ3n) is 4.92. The molecule has 34 heavy (non-hydrogen) atoms. The lowest BCUT2D eigenvalue weighted by molar-refractivity contribution is -0.146. The van der Waals surface area contributed by atoms with Crippen LogP contribution in [0.5, 0.6) is 0 Å². The SMILES string of the molecule is O=C(Cn1cnc2c(oc3ccccc32)c1=O)OCc1nc(-c2cccc(C(F)(F)F)c2)no1. The van der Waals surface area contributed by atoms with Crippen LogP contribution in [0.3, 0.4) is 0 Å². The molecule has 0 saturated carbocycles. The number of aromatic nitrogens is 4. The lowest BCUT2D eigenvalue weighted by Gasteiger charge is -2.06. The Labute approximate surface area is 187 Å². The first-order valence-electron chi connectivity index (χ1n) is 9.82. The van der Waals surface area contributed by atoms with Crippen LogP contribution in [0, 0.1) is 0 Å². The highest BCUT2D eigenvalue weighted by atomic mass is 19.4. The highest BCUT2D eigenvalue weighted by molar-refractivity contribution is 6.01. The Morgan fingerprint density at radius 1 is 1.12 bits per heavy atom. The van der Waals surface area contributed by atoms with Crippen molar-refractivity contribution >= 4 is 28.0 Å². The predicted octanol–water partition coefficient (Wildman–Crippen LogP) is 3.95. The van der Waals surface area contributed by atoms with Crippen molar-refractivity contribution < 1.29 is 31.6 Å². The number of alkyl halides is 3. The third kappa shape index (κ3) is 4.00. The van der Waals surface area contributed by atoms with Crippen LogP contribution >= 0.6 is 0 Å². The van der Waals surface area contributed by atoms with Crippen LogP contribution in [0.4, 0.5) is 13.2 Å². The lowest BCUT2D eigenvalue weighted by Crippen LogP contribution is -2.25. The second-order valence-corrected chi connectivity index (χ2v) is 7.20. The van der Waals surface area contributed by atoms with Gasteiger partial charge in [-0.25, -0.2) is 4.98 Å². The molecule has 0 amide bonds. The van der Waals surface area contributed by atoms with Gasteiger partial charge in [-0.05, 0) is 24.3 Å². The number of hydrogen-bond acceptors (Lipinski definition) is 8. The number of nitrogens with zero attached hydrogens (tertiary/aromatic N) is 4. The number of hydrogen-bond donors (Lipinski definition) is 0. The molecule has 0 aliphatic rings. The number of fused-ring (bicyclic) bond motifs is 3. The van der Waals surface area contributed by atoms with Crippen molar-refractivity contribution in [1.82, 2.24) is 19.7 Å². The molecule has 0 fully saturated rings. The van der Waals surface area contributed by atoms with E-state index >= 15 is 0 Å². The minimum absolute atomic E-state index is 0.0131. The van der Waals surface area contributed by atoms with E-state index in [9.17, 15) is 22.8 Å². The summed E-state index contributed by atoms with van der Waals surface area (Å²) in [7, 11) is 0. The van der Waals surface area contributed by atoms with Crippen molar-refractivity contribution in [3.8, 4) is 11.4 Å². The minimum atomic E-state index is -4.52. The summed E-state index contributed by atoms with van der Waals surface area (Å²) in [5.74, 6) is -1.01. The Hall–Kier alpha value is -4.48. The third-order valence-corrected chi connectivity index (χ3v) is 4.92. The summed E-state index contributed by atoms with van der Waals surface area (Å²) in [5, 5.41) is 4.30. The number of esters is 1. The average molecular weight is 470 g/mol. The fourth-order valence-corrected chi connectivity index (χ4v) is 3.32. The van der Waals surface area contributed by atoms with Crippen molar-refractivity contribution in [3.63, 3.8) is 0 Å². The molecule has 5 rings (SSSR count). The zero-order chi connectivity index (χ0) is 23.9. The molecule has 0 bridgehead atoms. The molecule has 3 aromatic heterocycles. The lowest BCUT2D eigenvalue weighted by atomic mass is 10.1. The van der Waals surface area contributed by atoms with E-state index in [1.807, 2.05) is 0 Å². The fraction of sp³-hybridized carbons (Fsp3) is 0.136. The molecule has 9 nitrogen and oxygen atoms in total. The molecule has 0 aliphatic heterocycles. The van der Waals surface area contributed by atoms with E-state index in [1.54, 1.807) is 24.3 Å². The molecule has 0 radical (unpaired) electrons. The molecule has 0 atom stereocenters. The van der Waals surface area contributed by atoms with Crippen LogP contribution < -0.4 is 5.56 Å². The van der Waals surface area contributed by atoms with Gasteiger partial charge in [-0.1, -0.05) is 29.4 Å². The molecule has 0 aliphatic carbocycles. The van der Waals surface area contributed by atoms with Crippen molar-refractivity contribution in [2.75, 3.05) is 0 Å². The van der Waals surface area contributed by atoms with E-state index in [-0.39, 0.29) is 22.9 Å². The minimum Gasteiger partial charge on any atom is -0.454 e. The fourth-order valence-electron chi connectivity index (χ4n) is 3.32. The summed E-state index contributed by atoms with van der Waals surface area (Å²) >= 11 is 0. The largest absolute Gasteiger partial charge is 0.454 e. The van der Waals surface area contributed by atoms with E-state index in [4.69, 9.17) is 13.7 Å². The molecule has 172 valence electrons. The summed E-state index contributed by atoms with van der Waals surface area (Å²) < 4.78 is 55.3. The Morgan fingerprint density at radius 3 is 2.76 bits per heavy atom. The van der Waals surface area contributed by atoms with Crippen molar-refractivity contribution in [2.24, 2.45) is 0 Å². The molecule has 0 saturated heterocycles. The number of carbonyl (C=O) groups is 1. The van der Waals surface area contributed by atoms with Gasteiger partial charge in [-0.3, -0.25) is 14.2 Å². The predicted molar refractivity (Wildman–Crippen MR) is 110 cm³/mol. The molecule has 12 heteroatoms. The highest BCUT2D eigenvalue weighted by Crippen LogP contribution is 2.31. The number of benzene rings is 2. The van der Waals surface area contributed by atoms with Gasteiger partial charge in [0.1, 0.15) is 17.6 Å². The highest BCUT2D eigenvalue weighted by Gasteiger charge is 2.30. The van der Waals surface area contributed by atoms with Crippen LogP contribution in [0.25, 0.3) is 33.5 Å². The monoisotopic (exact) mass is 470 g/mol. The first-order chi connectivity index (χ1) is 16.3. The van der Waals surface area contributed by atoms with Crippen LogP contribution in [0.2, 0.25) is 0 Å². The summed E-state index contributed by atoms with van der Waals surface area (Å²) in [6, 6.07) is 11.4. The van der Waals surface area contributed by atoms with E-state index < -0.39 is 36.4 Å². The summed E-state index contributed by atoms with van der Waals surface area (Å²) in [6.07, 6.45) is -3.30. The van der Waals surface area contributed by atoms with E-state index in [1.165, 1.54) is 18.5 Å². The van der Waals surface area contributed by atoms with Crippen molar-refractivity contribution in [3.05, 3.63) is 76.7 Å². The number of halogens is 3. The number of carbonyl (C=O) groups excluding carboxylic acids is 1. The molecule has 0 unspecified atom stereocenters. The van der Waals surface area contributed by atoms with Crippen LogP contribution in [-0.2, 0) is 28.9 Å². The van der Waals surface area contributed by atoms with Gasteiger partial charge in [0.05, 0.1) is 11.9 Å². The Bertz CT molecular complexity index is 1590. The van der Waals surface area contributed by atoms with Gasteiger partial charge in [0.25, 0.3) is 11.4 Å². The Balaban J connectivity index is 1.27. The Morgan fingerprint density at radius 2 is 1.94 bits per heavy atom.